The van der Waals surface area contributed by atoms with Crippen LogP contribution in [0.1, 0.15) is 31.4 Å². The predicted molar refractivity (Wildman–Crippen MR) is 176 cm³/mol. The van der Waals surface area contributed by atoms with Crippen molar-refractivity contribution in [1.29, 1.82) is 0 Å². The van der Waals surface area contributed by atoms with Crippen LogP contribution in [0.5, 0.6) is 0 Å². The number of nitrogens with one attached hydrogen (secondary N) is 2. The number of carbonyl (C=O) groups excluding carboxylic acids is 2. The molecule has 2 aromatic rings. The average Bonchev–Trinajstić information content (AvgIpc) is 3.57. The molecule has 2 aromatic carbocycles. The number of primary sulfonamides is 1. The first-order valence-electron chi connectivity index (χ1n) is 15.0. The number of alkyl carbamates (subject to hydrolysis) is 1. The predicted octanol–water partition coefficient (Wildman–Crippen LogP) is 2.38. The van der Waals surface area contributed by atoms with Crippen molar-refractivity contribution in [3.63, 3.8) is 0 Å². The largest absolute Gasteiger partial charge is 0.477 e. The number of nitrogens with two attached hydrogens (primary N) is 1. The fourth-order valence-electron chi connectivity index (χ4n) is 6.14. The van der Waals surface area contributed by atoms with Crippen LogP contribution in [0.3, 0.4) is 0 Å². The standard InChI is InChI=1S/C30H35N5O10S3/c1-15-25-24(16(2)36)28(37)34(25)26(29(38)39)27(15)47-21-10-19(32-12-21)14-46-22-8-5-18(9-23(22)48(31,43)44)11-33-30(40)45-13-17-3-6-20(7-4-17)35(41)42/h3-9,15-16,19,21,24-25,32,36H,10-14H2,1-2H3,(H,33,40)(H,38,39)(H2,31,43,44)/t15-,16-,19+,21+,24-,25-/m1/s1. The molecule has 3 aliphatic rings. The summed E-state index contributed by atoms with van der Waals surface area (Å²) in [6.07, 6.45) is -0.963. The second-order valence-corrected chi connectivity index (χ2v) is 15.8. The number of carbonyl (C=O) groups is 3. The van der Waals surface area contributed by atoms with Crippen LogP contribution in [0.25, 0.3) is 0 Å². The number of rotatable bonds is 13. The molecular formula is C30H35N5O10S3. The van der Waals surface area contributed by atoms with Gasteiger partial charge in [-0.1, -0.05) is 13.0 Å². The maximum atomic E-state index is 12.6. The van der Waals surface area contributed by atoms with Crippen molar-refractivity contribution in [1.82, 2.24) is 15.5 Å². The molecule has 6 N–H and O–H groups in total. The van der Waals surface area contributed by atoms with Gasteiger partial charge >= 0.3 is 12.1 Å². The number of amides is 2. The number of hydrogen-bond donors (Lipinski definition) is 5. The smallest absolute Gasteiger partial charge is 0.407 e. The second kappa shape index (κ2) is 14.4. The highest BCUT2D eigenvalue weighted by Crippen LogP contribution is 2.52. The third kappa shape index (κ3) is 7.63. The minimum Gasteiger partial charge on any atom is -0.477 e. The van der Waals surface area contributed by atoms with Gasteiger partial charge in [0.2, 0.25) is 15.9 Å². The van der Waals surface area contributed by atoms with E-state index < -0.39 is 39.0 Å². The molecule has 2 amide bonds. The van der Waals surface area contributed by atoms with Gasteiger partial charge < -0.3 is 30.5 Å². The molecule has 2 fully saturated rings. The summed E-state index contributed by atoms with van der Waals surface area (Å²) in [4.78, 5) is 49.5. The van der Waals surface area contributed by atoms with Gasteiger partial charge in [-0.25, -0.2) is 23.1 Å². The molecule has 0 bridgehead atoms. The molecule has 3 heterocycles. The lowest BCUT2D eigenvalue weighted by Crippen LogP contribution is -2.63. The summed E-state index contributed by atoms with van der Waals surface area (Å²) >= 11 is 2.74. The number of β-lactam (4-membered cyclic amide) rings is 1. The molecular weight excluding hydrogens is 687 g/mol. The Balaban J connectivity index is 1.15. The zero-order valence-electron chi connectivity index (χ0n) is 25.9. The first-order chi connectivity index (χ1) is 22.6. The number of nitrogens with zero attached hydrogens (tertiary/aromatic N) is 2. The molecule has 15 nitrogen and oxygen atoms in total. The van der Waals surface area contributed by atoms with Gasteiger partial charge in [0.1, 0.15) is 12.3 Å². The Kier molecular flexibility index (Phi) is 10.7. The van der Waals surface area contributed by atoms with Crippen molar-refractivity contribution in [3.05, 3.63) is 74.3 Å². The summed E-state index contributed by atoms with van der Waals surface area (Å²) in [7, 11) is -4.11. The van der Waals surface area contributed by atoms with Gasteiger partial charge in [0.15, 0.2) is 0 Å². The van der Waals surface area contributed by atoms with Crippen LogP contribution in [0, 0.1) is 22.0 Å². The van der Waals surface area contributed by atoms with E-state index in [1.54, 1.807) is 12.1 Å². The molecule has 48 heavy (non-hydrogen) atoms. The molecule has 18 heteroatoms. The first-order valence-corrected chi connectivity index (χ1v) is 18.4. The van der Waals surface area contributed by atoms with Crippen LogP contribution >= 0.6 is 23.5 Å². The number of thioether (sulfide) groups is 2. The molecule has 3 aliphatic heterocycles. The molecule has 2 saturated heterocycles. The third-order valence-corrected chi connectivity index (χ3v) is 12.3. The van der Waals surface area contributed by atoms with Crippen LogP contribution in [-0.4, -0.2) is 82.2 Å². The summed E-state index contributed by atoms with van der Waals surface area (Å²) in [5, 5.41) is 42.3. The third-order valence-electron chi connectivity index (χ3n) is 8.49. The lowest BCUT2D eigenvalue weighted by atomic mass is 9.79. The van der Waals surface area contributed by atoms with Crippen molar-refractivity contribution in [3.8, 4) is 0 Å². The Labute approximate surface area is 284 Å². The maximum Gasteiger partial charge on any atom is 0.407 e. The van der Waals surface area contributed by atoms with Gasteiger partial charge in [0, 0.05) is 58.0 Å². The summed E-state index contributed by atoms with van der Waals surface area (Å²) in [5.74, 6) is -1.90. The van der Waals surface area contributed by atoms with E-state index in [1.165, 1.54) is 65.7 Å². The van der Waals surface area contributed by atoms with Gasteiger partial charge in [0.25, 0.3) is 5.69 Å². The molecule has 5 rings (SSSR count). The zero-order chi connectivity index (χ0) is 34.9. The minimum atomic E-state index is -4.11. The van der Waals surface area contributed by atoms with Gasteiger partial charge in [0.05, 0.1) is 27.9 Å². The normalized spacial score (nSPS) is 24.2. The number of nitro groups is 1. The molecule has 0 radical (unpaired) electrons. The Hall–Kier alpha value is -3.68. The van der Waals surface area contributed by atoms with Crippen LogP contribution < -0.4 is 15.8 Å². The lowest BCUT2D eigenvalue weighted by Gasteiger charge is -2.46. The topological polar surface area (TPSA) is 231 Å². The monoisotopic (exact) mass is 721 g/mol. The van der Waals surface area contributed by atoms with E-state index in [9.17, 15) is 43.1 Å². The number of aliphatic hydroxyl groups is 1. The van der Waals surface area contributed by atoms with Crippen molar-refractivity contribution in [2.75, 3.05) is 12.3 Å². The van der Waals surface area contributed by atoms with Crippen LogP contribution in [-0.2, 0) is 37.5 Å². The number of ether oxygens (including phenoxy) is 1. The number of nitro benzene ring substituents is 1. The Morgan fingerprint density at radius 3 is 2.54 bits per heavy atom. The van der Waals surface area contributed by atoms with E-state index in [1.807, 2.05) is 6.92 Å². The molecule has 0 aliphatic carbocycles. The number of non-ortho nitro benzene ring substituents is 1. The van der Waals surface area contributed by atoms with Crippen molar-refractivity contribution >= 4 is 57.2 Å². The molecule has 0 spiro atoms. The van der Waals surface area contributed by atoms with E-state index in [-0.39, 0.29) is 58.6 Å². The van der Waals surface area contributed by atoms with E-state index >= 15 is 0 Å². The van der Waals surface area contributed by atoms with Crippen LogP contribution in [0.15, 0.2) is 62.9 Å². The highest BCUT2D eigenvalue weighted by atomic mass is 32.2. The molecule has 0 aromatic heterocycles. The highest BCUT2D eigenvalue weighted by molar-refractivity contribution is 8.03. The maximum absolute atomic E-state index is 12.6. The SMILES string of the molecule is C[C@@H](O)[C@H]1C(=O)N2C(C(=O)O)=C(S[C@@H]3CN[C@H](CSc4ccc(CNC(=O)OCc5ccc([N+](=O)[O-])cc5)cc4S(N)(=O)=O)C3)[C@H](C)[C@H]12. The van der Waals surface area contributed by atoms with E-state index in [0.29, 0.717) is 39.6 Å². The van der Waals surface area contributed by atoms with Gasteiger partial charge in [-0.15, -0.1) is 23.5 Å². The van der Waals surface area contributed by atoms with Crippen LogP contribution in [0.4, 0.5) is 10.5 Å². The number of fused-ring (bicyclic) bond motifs is 1. The van der Waals surface area contributed by atoms with Crippen LogP contribution in [0.2, 0.25) is 0 Å². The summed E-state index contributed by atoms with van der Waals surface area (Å²) in [6, 6.07) is 9.84. The van der Waals surface area contributed by atoms with Gasteiger partial charge in [-0.3, -0.25) is 14.9 Å². The van der Waals surface area contributed by atoms with Gasteiger partial charge in [-0.05, 0) is 48.7 Å². The van der Waals surface area contributed by atoms with Gasteiger partial charge in [-0.2, -0.15) is 0 Å². The Morgan fingerprint density at radius 1 is 1.23 bits per heavy atom. The highest BCUT2D eigenvalue weighted by Gasteiger charge is 2.60. The quantitative estimate of drug-likeness (QED) is 0.0867. The van der Waals surface area contributed by atoms with Crippen molar-refractivity contribution in [2.45, 2.75) is 66.6 Å². The lowest BCUT2D eigenvalue weighted by molar-refractivity contribution is -0.384. The Bertz CT molecular complexity index is 1750. The first kappa shape index (κ1) is 35.6. The van der Waals surface area contributed by atoms with E-state index in [2.05, 4.69) is 10.6 Å². The second-order valence-electron chi connectivity index (χ2n) is 11.8. The number of benzene rings is 2. The van der Waals surface area contributed by atoms with Crippen molar-refractivity contribution < 1.29 is 42.7 Å². The molecule has 0 saturated carbocycles. The minimum absolute atomic E-state index is 0.0117. The number of aliphatic carboxylic acids is 1. The Morgan fingerprint density at radius 2 is 1.92 bits per heavy atom. The number of sulfonamides is 1. The zero-order valence-corrected chi connectivity index (χ0v) is 28.3. The fourth-order valence-corrected chi connectivity index (χ4v) is 9.85. The number of carboxylic acids is 1. The summed E-state index contributed by atoms with van der Waals surface area (Å²) < 4.78 is 30.1. The molecule has 258 valence electrons. The summed E-state index contributed by atoms with van der Waals surface area (Å²) in [6.45, 7) is 3.86. The van der Waals surface area contributed by atoms with E-state index in [0.717, 1.165) is 0 Å². The average molecular weight is 722 g/mol. The molecule has 6 atom stereocenters. The number of hydrogen-bond acceptors (Lipinski definition) is 12. The molecule has 0 unspecified atom stereocenters. The fraction of sp³-hybridized carbons (Fsp3) is 0.433. The van der Waals surface area contributed by atoms with E-state index in [4.69, 9.17) is 9.88 Å². The summed E-state index contributed by atoms with van der Waals surface area (Å²) in [5.41, 5.74) is 0.930. The number of aliphatic hydroxyl groups excluding tert-OH is 1. The van der Waals surface area contributed by atoms with Crippen molar-refractivity contribution in [2.24, 2.45) is 17.0 Å². The number of carboxylic acid groups (broad SMARTS) is 1.